The number of non-ortho nitro benzene ring substituents is 1. The van der Waals surface area contributed by atoms with Gasteiger partial charge in [0.2, 0.25) is 0 Å². The Balaban J connectivity index is 2.09. The monoisotopic (exact) mass is 308 g/mol. The summed E-state index contributed by atoms with van der Waals surface area (Å²) in [6, 6.07) is 9.50. The fourth-order valence-electron chi connectivity index (χ4n) is 1.73. The van der Waals surface area contributed by atoms with E-state index in [0.717, 1.165) is 6.07 Å². The minimum atomic E-state index is -0.684. The molecule has 2 aromatic carbocycles. The van der Waals surface area contributed by atoms with Crippen molar-refractivity contribution in [1.29, 1.82) is 0 Å². The lowest BCUT2D eigenvalue weighted by Crippen LogP contribution is -2.23. The molecule has 2 aromatic rings. The molecule has 0 aliphatic carbocycles. The molecule has 7 heteroatoms. The largest absolute Gasteiger partial charge is 0.348 e. The van der Waals surface area contributed by atoms with Crippen molar-refractivity contribution in [3.8, 4) is 0 Å². The highest BCUT2D eigenvalue weighted by Gasteiger charge is 2.12. The van der Waals surface area contributed by atoms with Gasteiger partial charge in [0.15, 0.2) is 0 Å². The third-order valence-electron chi connectivity index (χ3n) is 2.75. The SMILES string of the molecule is O=C(NCc1cccc([N+](=O)[O-])c1)c1cc(Cl)ccc1F. The van der Waals surface area contributed by atoms with Crippen molar-refractivity contribution in [2.24, 2.45) is 0 Å². The van der Waals surface area contributed by atoms with Gasteiger partial charge in [-0.25, -0.2) is 4.39 Å². The molecule has 0 bridgehead atoms. The average Bonchev–Trinajstić information content (AvgIpc) is 2.47. The Bertz CT molecular complexity index is 706. The maximum absolute atomic E-state index is 13.5. The zero-order chi connectivity index (χ0) is 15.4. The zero-order valence-electron chi connectivity index (χ0n) is 10.7. The molecular formula is C14H10ClFN2O3. The summed E-state index contributed by atoms with van der Waals surface area (Å²) in [5.41, 5.74) is 0.295. The summed E-state index contributed by atoms with van der Waals surface area (Å²) in [7, 11) is 0. The third-order valence-corrected chi connectivity index (χ3v) is 2.98. The van der Waals surface area contributed by atoms with Crippen LogP contribution in [0.5, 0.6) is 0 Å². The predicted octanol–water partition coefficient (Wildman–Crippen LogP) is 3.32. The molecule has 21 heavy (non-hydrogen) atoms. The van der Waals surface area contributed by atoms with Crippen LogP contribution in [0.3, 0.4) is 0 Å². The summed E-state index contributed by atoms with van der Waals surface area (Å²) in [5.74, 6) is -1.32. The number of nitrogens with zero attached hydrogens (tertiary/aromatic N) is 1. The second-order valence-corrected chi connectivity index (χ2v) is 4.67. The first kappa shape index (κ1) is 14.9. The molecule has 5 nitrogen and oxygen atoms in total. The standard InChI is InChI=1S/C14H10ClFN2O3/c15-10-4-5-13(16)12(7-10)14(19)17-8-9-2-1-3-11(6-9)18(20)21/h1-7H,8H2,(H,17,19). The van der Waals surface area contributed by atoms with Gasteiger partial charge in [-0.1, -0.05) is 23.7 Å². The Morgan fingerprint density at radius 3 is 2.76 bits per heavy atom. The molecule has 0 aliphatic rings. The average molecular weight is 309 g/mol. The lowest BCUT2D eigenvalue weighted by molar-refractivity contribution is -0.384. The van der Waals surface area contributed by atoms with Crippen LogP contribution < -0.4 is 5.32 Å². The van der Waals surface area contributed by atoms with Gasteiger partial charge in [0.1, 0.15) is 5.82 Å². The Kier molecular flexibility index (Phi) is 4.49. The number of rotatable bonds is 4. The molecule has 1 N–H and O–H groups in total. The molecule has 0 atom stereocenters. The maximum atomic E-state index is 13.5. The van der Waals surface area contributed by atoms with Gasteiger partial charge >= 0.3 is 0 Å². The van der Waals surface area contributed by atoms with E-state index in [2.05, 4.69) is 5.32 Å². The van der Waals surface area contributed by atoms with Crippen LogP contribution in [0.2, 0.25) is 5.02 Å². The highest BCUT2D eigenvalue weighted by molar-refractivity contribution is 6.30. The second-order valence-electron chi connectivity index (χ2n) is 4.23. The van der Waals surface area contributed by atoms with E-state index in [4.69, 9.17) is 11.6 Å². The minimum absolute atomic E-state index is 0.0481. The highest BCUT2D eigenvalue weighted by atomic mass is 35.5. The van der Waals surface area contributed by atoms with Crippen LogP contribution >= 0.6 is 11.6 Å². The van der Waals surface area contributed by atoms with E-state index in [1.165, 1.54) is 30.3 Å². The van der Waals surface area contributed by atoms with Crippen LogP contribution in [0.1, 0.15) is 15.9 Å². The topological polar surface area (TPSA) is 72.2 Å². The van der Waals surface area contributed by atoms with Crippen LogP contribution in [-0.4, -0.2) is 10.8 Å². The molecule has 0 fully saturated rings. The molecule has 0 heterocycles. The second kappa shape index (κ2) is 6.32. The van der Waals surface area contributed by atoms with Gasteiger partial charge in [-0.2, -0.15) is 0 Å². The van der Waals surface area contributed by atoms with Gasteiger partial charge in [-0.05, 0) is 23.8 Å². The Hall–Kier alpha value is -2.47. The van der Waals surface area contributed by atoms with Gasteiger partial charge in [-0.3, -0.25) is 14.9 Å². The fraction of sp³-hybridized carbons (Fsp3) is 0.0714. The Morgan fingerprint density at radius 1 is 1.29 bits per heavy atom. The summed E-state index contributed by atoms with van der Waals surface area (Å²) >= 11 is 5.71. The van der Waals surface area contributed by atoms with Crippen LogP contribution in [0, 0.1) is 15.9 Å². The van der Waals surface area contributed by atoms with Crippen molar-refractivity contribution < 1.29 is 14.1 Å². The number of nitro groups is 1. The molecule has 0 saturated heterocycles. The van der Waals surface area contributed by atoms with E-state index >= 15 is 0 Å². The molecule has 0 saturated carbocycles. The van der Waals surface area contributed by atoms with Gasteiger partial charge in [0.25, 0.3) is 11.6 Å². The number of amides is 1. The van der Waals surface area contributed by atoms with E-state index in [-0.39, 0.29) is 22.8 Å². The lowest BCUT2D eigenvalue weighted by atomic mass is 10.1. The van der Waals surface area contributed by atoms with E-state index in [1.807, 2.05) is 0 Å². The van der Waals surface area contributed by atoms with Crippen molar-refractivity contribution in [3.05, 3.63) is 74.5 Å². The first-order valence-corrected chi connectivity index (χ1v) is 6.32. The summed E-state index contributed by atoms with van der Waals surface area (Å²) in [4.78, 5) is 22.0. The summed E-state index contributed by atoms with van der Waals surface area (Å²) in [5, 5.41) is 13.4. The number of nitro benzene ring substituents is 1. The van der Waals surface area contributed by atoms with Crippen LogP contribution in [0.15, 0.2) is 42.5 Å². The van der Waals surface area contributed by atoms with Gasteiger partial charge in [0, 0.05) is 23.7 Å². The van der Waals surface area contributed by atoms with Crippen molar-refractivity contribution in [2.45, 2.75) is 6.54 Å². The van der Waals surface area contributed by atoms with Crippen molar-refractivity contribution in [1.82, 2.24) is 5.32 Å². The molecule has 0 radical (unpaired) electrons. The fourth-order valence-corrected chi connectivity index (χ4v) is 1.90. The minimum Gasteiger partial charge on any atom is -0.348 e. The molecule has 1 amide bonds. The molecule has 0 aliphatic heterocycles. The highest BCUT2D eigenvalue weighted by Crippen LogP contribution is 2.16. The van der Waals surface area contributed by atoms with Gasteiger partial charge in [-0.15, -0.1) is 0 Å². The molecule has 2 rings (SSSR count). The predicted molar refractivity (Wildman–Crippen MR) is 75.7 cm³/mol. The van der Waals surface area contributed by atoms with Gasteiger partial charge < -0.3 is 5.32 Å². The Morgan fingerprint density at radius 2 is 2.05 bits per heavy atom. The molecule has 0 aromatic heterocycles. The number of carbonyl (C=O) groups excluding carboxylic acids is 1. The molecule has 108 valence electrons. The van der Waals surface area contributed by atoms with E-state index < -0.39 is 16.6 Å². The van der Waals surface area contributed by atoms with E-state index in [0.29, 0.717) is 5.56 Å². The van der Waals surface area contributed by atoms with Gasteiger partial charge in [0.05, 0.1) is 10.5 Å². The van der Waals surface area contributed by atoms with Crippen molar-refractivity contribution in [2.75, 3.05) is 0 Å². The van der Waals surface area contributed by atoms with Crippen molar-refractivity contribution >= 4 is 23.2 Å². The maximum Gasteiger partial charge on any atom is 0.269 e. The smallest absolute Gasteiger partial charge is 0.269 e. The number of benzene rings is 2. The molecular weight excluding hydrogens is 299 g/mol. The van der Waals surface area contributed by atoms with Crippen LogP contribution in [0.25, 0.3) is 0 Å². The van der Waals surface area contributed by atoms with E-state index in [1.54, 1.807) is 6.07 Å². The lowest BCUT2D eigenvalue weighted by Gasteiger charge is -2.06. The Labute approximate surface area is 124 Å². The summed E-state index contributed by atoms with van der Waals surface area (Å²) in [6.45, 7) is 0.0481. The van der Waals surface area contributed by atoms with Crippen LogP contribution in [0.4, 0.5) is 10.1 Å². The normalized spacial score (nSPS) is 10.2. The number of halogens is 2. The van der Waals surface area contributed by atoms with E-state index in [9.17, 15) is 19.3 Å². The quantitative estimate of drug-likeness (QED) is 0.695. The summed E-state index contributed by atoms with van der Waals surface area (Å²) < 4.78 is 13.5. The summed E-state index contributed by atoms with van der Waals surface area (Å²) in [6.07, 6.45) is 0. The first-order chi connectivity index (χ1) is 9.97. The number of hydrogen-bond donors (Lipinski definition) is 1. The number of carbonyl (C=O) groups is 1. The van der Waals surface area contributed by atoms with Crippen molar-refractivity contribution in [3.63, 3.8) is 0 Å². The zero-order valence-corrected chi connectivity index (χ0v) is 11.4. The molecule has 0 spiro atoms. The van der Waals surface area contributed by atoms with Crippen LogP contribution in [-0.2, 0) is 6.54 Å². The number of hydrogen-bond acceptors (Lipinski definition) is 3. The number of nitrogens with one attached hydrogen (secondary N) is 1. The first-order valence-electron chi connectivity index (χ1n) is 5.94. The third kappa shape index (κ3) is 3.76. The molecule has 0 unspecified atom stereocenters.